The summed E-state index contributed by atoms with van der Waals surface area (Å²) in [6.45, 7) is 9.79. The van der Waals surface area contributed by atoms with Crippen molar-refractivity contribution in [2.45, 2.75) is 33.7 Å². The van der Waals surface area contributed by atoms with Gasteiger partial charge >= 0.3 is 0 Å². The Bertz CT molecular complexity index is 527. The Hall–Kier alpha value is -2.08. The van der Waals surface area contributed by atoms with Crippen molar-refractivity contribution in [1.82, 2.24) is 9.80 Å². The number of carbonyl (C=O) groups is 2. The van der Waals surface area contributed by atoms with Crippen molar-refractivity contribution in [2.24, 2.45) is 0 Å². The predicted octanol–water partition coefficient (Wildman–Crippen LogP) is 2.21. The Morgan fingerprint density at radius 1 is 1.12 bits per heavy atom. The van der Waals surface area contributed by atoms with Gasteiger partial charge in [-0.05, 0) is 59.0 Å². The zero-order valence-electron chi connectivity index (χ0n) is 15.3. The molecule has 6 heteroatoms. The molecular weight excluding hydrogens is 306 g/mol. The van der Waals surface area contributed by atoms with Crippen molar-refractivity contribution in [3.05, 3.63) is 24.3 Å². The average molecular weight is 335 g/mol. The summed E-state index contributed by atoms with van der Waals surface area (Å²) in [5, 5.41) is 2.86. The minimum absolute atomic E-state index is 0.0308. The van der Waals surface area contributed by atoms with Gasteiger partial charge in [-0.15, -0.1) is 0 Å². The van der Waals surface area contributed by atoms with Crippen LogP contribution in [0.3, 0.4) is 0 Å². The Balaban J connectivity index is 2.58. The second kappa shape index (κ2) is 9.93. The molecule has 1 aromatic carbocycles. The zero-order chi connectivity index (χ0) is 18.1. The number of amides is 2. The van der Waals surface area contributed by atoms with Crippen LogP contribution in [0, 0.1) is 0 Å². The summed E-state index contributed by atoms with van der Waals surface area (Å²) < 4.78 is 5.38. The number of nitrogens with zero attached hydrogens (tertiary/aromatic N) is 2. The summed E-state index contributed by atoms with van der Waals surface area (Å²) in [6.07, 6.45) is 0. The van der Waals surface area contributed by atoms with Crippen LogP contribution in [0.15, 0.2) is 24.3 Å². The van der Waals surface area contributed by atoms with Gasteiger partial charge < -0.3 is 15.0 Å². The van der Waals surface area contributed by atoms with Gasteiger partial charge in [0.1, 0.15) is 5.75 Å². The van der Waals surface area contributed by atoms with Crippen LogP contribution in [-0.4, -0.2) is 60.9 Å². The molecule has 0 radical (unpaired) electrons. The first-order valence-electron chi connectivity index (χ1n) is 8.44. The number of likely N-dealkylation sites (N-methyl/N-ethyl adjacent to an activating group) is 2. The third kappa shape index (κ3) is 5.85. The standard InChI is InChI=1S/C18H29N3O3/c1-6-21(7-2)17(22)13-20(5)14(4)18(23)19-15-9-11-16(12-10-15)24-8-3/h9-12,14H,6-8,13H2,1-5H3,(H,19,23). The molecule has 0 heterocycles. The number of hydrogen-bond acceptors (Lipinski definition) is 4. The summed E-state index contributed by atoms with van der Waals surface area (Å²) >= 11 is 0. The van der Waals surface area contributed by atoms with Crippen LogP contribution >= 0.6 is 0 Å². The molecule has 0 bridgehead atoms. The van der Waals surface area contributed by atoms with Gasteiger partial charge in [0, 0.05) is 18.8 Å². The highest BCUT2D eigenvalue weighted by Gasteiger charge is 2.21. The Labute approximate surface area is 144 Å². The molecule has 0 fully saturated rings. The highest BCUT2D eigenvalue weighted by Crippen LogP contribution is 2.16. The van der Waals surface area contributed by atoms with Gasteiger partial charge in [0.25, 0.3) is 0 Å². The van der Waals surface area contributed by atoms with Crippen LogP contribution in [0.4, 0.5) is 5.69 Å². The summed E-state index contributed by atoms with van der Waals surface area (Å²) in [6, 6.07) is 6.83. The Kier molecular flexibility index (Phi) is 8.26. The van der Waals surface area contributed by atoms with E-state index < -0.39 is 6.04 Å². The monoisotopic (exact) mass is 335 g/mol. The van der Waals surface area contributed by atoms with E-state index in [1.165, 1.54) is 0 Å². The van der Waals surface area contributed by atoms with Gasteiger partial charge in [-0.1, -0.05) is 0 Å². The fourth-order valence-corrected chi connectivity index (χ4v) is 2.27. The lowest BCUT2D eigenvalue weighted by molar-refractivity contribution is -0.133. The molecule has 0 saturated heterocycles. The molecule has 2 amide bonds. The van der Waals surface area contributed by atoms with Crippen LogP contribution in [0.5, 0.6) is 5.75 Å². The molecule has 6 nitrogen and oxygen atoms in total. The lowest BCUT2D eigenvalue weighted by Crippen LogP contribution is -2.46. The highest BCUT2D eigenvalue weighted by molar-refractivity contribution is 5.95. The normalized spacial score (nSPS) is 11.9. The van der Waals surface area contributed by atoms with Crippen LogP contribution < -0.4 is 10.1 Å². The first kappa shape index (κ1) is 20.0. The van der Waals surface area contributed by atoms with Crippen molar-refractivity contribution in [2.75, 3.05) is 38.6 Å². The molecular formula is C18H29N3O3. The van der Waals surface area contributed by atoms with E-state index in [1.807, 2.05) is 32.9 Å². The molecule has 1 atom stereocenters. The lowest BCUT2D eigenvalue weighted by Gasteiger charge is -2.26. The number of anilines is 1. The second-order valence-electron chi connectivity index (χ2n) is 5.60. The van der Waals surface area contributed by atoms with Gasteiger partial charge in [-0.3, -0.25) is 14.5 Å². The quantitative estimate of drug-likeness (QED) is 0.752. The van der Waals surface area contributed by atoms with E-state index in [4.69, 9.17) is 4.74 Å². The molecule has 1 aromatic rings. The summed E-state index contributed by atoms with van der Waals surface area (Å²) in [5.41, 5.74) is 0.707. The predicted molar refractivity (Wildman–Crippen MR) is 96.3 cm³/mol. The SMILES string of the molecule is CCOc1ccc(NC(=O)C(C)N(C)CC(=O)N(CC)CC)cc1. The molecule has 0 saturated carbocycles. The summed E-state index contributed by atoms with van der Waals surface area (Å²) in [5.74, 6) is 0.655. The first-order valence-corrected chi connectivity index (χ1v) is 8.44. The minimum atomic E-state index is -0.406. The Morgan fingerprint density at radius 2 is 1.71 bits per heavy atom. The van der Waals surface area contributed by atoms with E-state index in [-0.39, 0.29) is 18.4 Å². The van der Waals surface area contributed by atoms with E-state index >= 15 is 0 Å². The van der Waals surface area contributed by atoms with Crippen LogP contribution in [0.25, 0.3) is 0 Å². The van der Waals surface area contributed by atoms with Gasteiger partial charge in [0.05, 0.1) is 19.2 Å². The fourth-order valence-electron chi connectivity index (χ4n) is 2.27. The summed E-state index contributed by atoms with van der Waals surface area (Å²) in [4.78, 5) is 28.0. The number of hydrogen-bond donors (Lipinski definition) is 1. The fraction of sp³-hybridized carbons (Fsp3) is 0.556. The second-order valence-corrected chi connectivity index (χ2v) is 5.60. The van der Waals surface area contributed by atoms with E-state index in [1.54, 1.807) is 35.9 Å². The highest BCUT2D eigenvalue weighted by atomic mass is 16.5. The van der Waals surface area contributed by atoms with Gasteiger partial charge in [-0.25, -0.2) is 0 Å². The lowest BCUT2D eigenvalue weighted by atomic mass is 10.2. The van der Waals surface area contributed by atoms with E-state index in [2.05, 4.69) is 5.32 Å². The molecule has 0 aromatic heterocycles. The zero-order valence-corrected chi connectivity index (χ0v) is 15.3. The van der Waals surface area contributed by atoms with Crippen molar-refractivity contribution in [3.8, 4) is 5.75 Å². The first-order chi connectivity index (χ1) is 11.4. The third-order valence-electron chi connectivity index (χ3n) is 3.97. The average Bonchev–Trinajstić information content (AvgIpc) is 2.57. The number of benzene rings is 1. The molecule has 0 spiro atoms. The molecule has 0 aliphatic rings. The topological polar surface area (TPSA) is 61.9 Å². The number of carbonyl (C=O) groups excluding carboxylic acids is 2. The number of ether oxygens (including phenoxy) is 1. The third-order valence-corrected chi connectivity index (χ3v) is 3.97. The number of nitrogens with one attached hydrogen (secondary N) is 1. The van der Waals surface area contributed by atoms with Crippen molar-refractivity contribution < 1.29 is 14.3 Å². The molecule has 0 aliphatic carbocycles. The van der Waals surface area contributed by atoms with Gasteiger partial charge in [0.2, 0.25) is 11.8 Å². The van der Waals surface area contributed by atoms with Crippen LogP contribution in [0.1, 0.15) is 27.7 Å². The molecule has 1 N–H and O–H groups in total. The maximum atomic E-state index is 12.3. The molecule has 134 valence electrons. The van der Waals surface area contributed by atoms with Crippen molar-refractivity contribution in [3.63, 3.8) is 0 Å². The molecule has 24 heavy (non-hydrogen) atoms. The number of rotatable bonds is 9. The smallest absolute Gasteiger partial charge is 0.241 e. The van der Waals surface area contributed by atoms with Crippen LogP contribution in [0.2, 0.25) is 0 Å². The van der Waals surface area contributed by atoms with Gasteiger partial charge in [0.15, 0.2) is 0 Å². The van der Waals surface area contributed by atoms with Crippen LogP contribution in [-0.2, 0) is 9.59 Å². The maximum absolute atomic E-state index is 12.3. The molecule has 1 rings (SSSR count). The Morgan fingerprint density at radius 3 is 2.21 bits per heavy atom. The minimum Gasteiger partial charge on any atom is -0.494 e. The van der Waals surface area contributed by atoms with Crippen molar-refractivity contribution >= 4 is 17.5 Å². The van der Waals surface area contributed by atoms with E-state index in [0.717, 1.165) is 5.75 Å². The molecule has 1 unspecified atom stereocenters. The summed E-state index contributed by atoms with van der Waals surface area (Å²) in [7, 11) is 1.78. The van der Waals surface area contributed by atoms with Gasteiger partial charge in [-0.2, -0.15) is 0 Å². The van der Waals surface area contributed by atoms with E-state index in [0.29, 0.717) is 25.4 Å². The molecule has 0 aliphatic heterocycles. The maximum Gasteiger partial charge on any atom is 0.241 e. The van der Waals surface area contributed by atoms with E-state index in [9.17, 15) is 9.59 Å². The van der Waals surface area contributed by atoms with Crippen molar-refractivity contribution in [1.29, 1.82) is 0 Å². The largest absolute Gasteiger partial charge is 0.494 e.